The zero-order valence-electron chi connectivity index (χ0n) is 6.68. The maximum Gasteiger partial charge on any atom is 0.240 e. The fourth-order valence-corrected chi connectivity index (χ4v) is 1.90. The van der Waals surface area contributed by atoms with Crippen LogP contribution in [-0.2, 0) is 4.79 Å². The van der Waals surface area contributed by atoms with E-state index in [2.05, 4.69) is 4.99 Å². The molecule has 0 N–H and O–H groups in total. The summed E-state index contributed by atoms with van der Waals surface area (Å²) in [6.07, 6.45) is 5.37. The van der Waals surface area contributed by atoms with E-state index in [1.807, 2.05) is 34.5 Å². The highest BCUT2D eigenvalue weighted by Gasteiger charge is 2.03. The van der Waals surface area contributed by atoms with E-state index in [9.17, 15) is 4.79 Å². The Morgan fingerprint density at radius 2 is 2.15 bits per heavy atom. The monoisotopic (exact) mass is 190 g/mol. The first-order valence-corrected chi connectivity index (χ1v) is 4.58. The van der Waals surface area contributed by atoms with Gasteiger partial charge in [-0.2, -0.15) is 4.99 Å². The summed E-state index contributed by atoms with van der Waals surface area (Å²) in [7, 11) is 0. The number of aliphatic imine (C=N–C) groups is 1. The summed E-state index contributed by atoms with van der Waals surface area (Å²) < 4.78 is 1.92. The number of thiophene rings is 1. The molecule has 2 aromatic rings. The van der Waals surface area contributed by atoms with Crippen LogP contribution in [0.5, 0.6) is 0 Å². The van der Waals surface area contributed by atoms with Crippen molar-refractivity contribution in [3.63, 3.8) is 0 Å². The Labute approximate surface area is 79.0 Å². The molecule has 0 bridgehead atoms. The SMILES string of the molecule is O=C=Nc1ccsc1-n1cccc1. The Hall–Kier alpha value is -1.64. The van der Waals surface area contributed by atoms with Crippen LogP contribution in [-0.4, -0.2) is 10.6 Å². The van der Waals surface area contributed by atoms with Crippen molar-refractivity contribution in [3.8, 4) is 5.00 Å². The van der Waals surface area contributed by atoms with Crippen molar-refractivity contribution in [2.45, 2.75) is 0 Å². The van der Waals surface area contributed by atoms with E-state index in [-0.39, 0.29) is 0 Å². The lowest BCUT2D eigenvalue weighted by Crippen LogP contribution is -1.83. The lowest BCUT2D eigenvalue weighted by Gasteiger charge is -1.97. The van der Waals surface area contributed by atoms with Crippen molar-refractivity contribution in [1.29, 1.82) is 0 Å². The van der Waals surface area contributed by atoms with Crippen LogP contribution in [0.3, 0.4) is 0 Å². The molecule has 2 rings (SSSR count). The van der Waals surface area contributed by atoms with Crippen molar-refractivity contribution in [1.82, 2.24) is 4.57 Å². The van der Waals surface area contributed by atoms with Gasteiger partial charge < -0.3 is 4.57 Å². The van der Waals surface area contributed by atoms with Crippen LogP contribution < -0.4 is 0 Å². The van der Waals surface area contributed by atoms with Gasteiger partial charge in [-0.1, -0.05) is 0 Å². The summed E-state index contributed by atoms with van der Waals surface area (Å²) in [4.78, 5) is 13.7. The minimum absolute atomic E-state index is 0.663. The molecule has 2 aromatic heterocycles. The van der Waals surface area contributed by atoms with E-state index in [0.717, 1.165) is 5.00 Å². The van der Waals surface area contributed by atoms with Crippen molar-refractivity contribution < 1.29 is 4.79 Å². The Bertz CT molecular complexity index is 438. The van der Waals surface area contributed by atoms with Gasteiger partial charge in [-0.05, 0) is 23.6 Å². The lowest BCUT2D eigenvalue weighted by molar-refractivity contribution is 0.565. The molecule has 0 fully saturated rings. The summed E-state index contributed by atoms with van der Waals surface area (Å²) in [6, 6.07) is 5.65. The zero-order valence-corrected chi connectivity index (χ0v) is 7.49. The van der Waals surface area contributed by atoms with Crippen molar-refractivity contribution in [3.05, 3.63) is 36.0 Å². The Kier molecular flexibility index (Phi) is 2.08. The first-order valence-electron chi connectivity index (χ1n) is 3.70. The molecule has 0 radical (unpaired) electrons. The molecule has 0 atom stereocenters. The minimum Gasteiger partial charge on any atom is -0.314 e. The van der Waals surface area contributed by atoms with E-state index in [4.69, 9.17) is 0 Å². The van der Waals surface area contributed by atoms with Crippen LogP contribution in [0.2, 0.25) is 0 Å². The van der Waals surface area contributed by atoms with E-state index >= 15 is 0 Å². The van der Waals surface area contributed by atoms with Gasteiger partial charge in [0.15, 0.2) is 0 Å². The summed E-state index contributed by atoms with van der Waals surface area (Å²) in [5.41, 5.74) is 0.663. The molecule has 0 saturated carbocycles. The summed E-state index contributed by atoms with van der Waals surface area (Å²) in [5, 5.41) is 2.83. The summed E-state index contributed by atoms with van der Waals surface area (Å²) >= 11 is 1.54. The van der Waals surface area contributed by atoms with Crippen molar-refractivity contribution in [2.24, 2.45) is 4.99 Å². The molecule has 13 heavy (non-hydrogen) atoms. The lowest BCUT2D eigenvalue weighted by atomic mass is 10.5. The predicted octanol–water partition coefficient (Wildman–Crippen LogP) is 2.51. The molecule has 2 heterocycles. The van der Waals surface area contributed by atoms with Crippen LogP contribution >= 0.6 is 11.3 Å². The number of isocyanates is 1. The summed E-state index contributed by atoms with van der Waals surface area (Å²) in [5.74, 6) is 0. The van der Waals surface area contributed by atoms with Crippen LogP contribution in [0, 0.1) is 0 Å². The molecule has 0 spiro atoms. The maximum atomic E-state index is 10.1. The highest BCUT2D eigenvalue weighted by atomic mass is 32.1. The Morgan fingerprint density at radius 1 is 1.38 bits per heavy atom. The second-order valence-electron chi connectivity index (χ2n) is 2.40. The molecule has 0 amide bonds. The second-order valence-corrected chi connectivity index (χ2v) is 3.30. The Morgan fingerprint density at radius 3 is 2.85 bits per heavy atom. The molecule has 64 valence electrons. The molecule has 0 aliphatic carbocycles. The van der Waals surface area contributed by atoms with Gasteiger partial charge in [-0.25, -0.2) is 4.79 Å². The molecule has 0 unspecified atom stereocenters. The number of carbonyl (C=O) groups excluding carboxylic acids is 1. The fourth-order valence-electron chi connectivity index (χ4n) is 1.09. The van der Waals surface area contributed by atoms with Crippen LogP contribution in [0.25, 0.3) is 5.00 Å². The maximum absolute atomic E-state index is 10.1. The molecule has 0 aliphatic rings. The number of rotatable bonds is 2. The Balaban J connectivity index is 2.52. The van der Waals surface area contributed by atoms with E-state index in [1.165, 1.54) is 11.3 Å². The molecule has 0 aliphatic heterocycles. The average Bonchev–Trinajstić information content (AvgIpc) is 2.71. The molecular formula is C9H6N2OS. The van der Waals surface area contributed by atoms with Gasteiger partial charge in [0.1, 0.15) is 10.7 Å². The van der Waals surface area contributed by atoms with Crippen LogP contribution in [0.1, 0.15) is 0 Å². The van der Waals surface area contributed by atoms with Gasteiger partial charge in [0.2, 0.25) is 6.08 Å². The van der Waals surface area contributed by atoms with Crippen molar-refractivity contribution >= 4 is 23.1 Å². The predicted molar refractivity (Wildman–Crippen MR) is 51.4 cm³/mol. The van der Waals surface area contributed by atoms with Gasteiger partial charge in [0, 0.05) is 12.4 Å². The second kappa shape index (κ2) is 3.39. The first kappa shape index (κ1) is 7.98. The topological polar surface area (TPSA) is 34.4 Å². The number of hydrogen-bond donors (Lipinski definition) is 0. The highest BCUT2D eigenvalue weighted by Crippen LogP contribution is 2.28. The van der Waals surface area contributed by atoms with Crippen LogP contribution in [0.15, 0.2) is 41.0 Å². The van der Waals surface area contributed by atoms with Gasteiger partial charge in [-0.15, -0.1) is 11.3 Å². The first-order chi connectivity index (χ1) is 6.42. The van der Waals surface area contributed by atoms with E-state index in [0.29, 0.717) is 5.69 Å². The van der Waals surface area contributed by atoms with E-state index in [1.54, 1.807) is 12.1 Å². The highest BCUT2D eigenvalue weighted by molar-refractivity contribution is 7.13. The molecule has 4 heteroatoms. The summed E-state index contributed by atoms with van der Waals surface area (Å²) in [6.45, 7) is 0. The standard InChI is InChI=1S/C9H6N2OS/c12-7-10-8-3-6-13-9(8)11-4-1-2-5-11/h1-6H. The third-order valence-corrected chi connectivity index (χ3v) is 2.55. The third-order valence-electron chi connectivity index (χ3n) is 1.63. The number of hydrogen-bond acceptors (Lipinski definition) is 3. The van der Waals surface area contributed by atoms with Crippen molar-refractivity contribution in [2.75, 3.05) is 0 Å². The fraction of sp³-hybridized carbons (Fsp3) is 0. The average molecular weight is 190 g/mol. The largest absolute Gasteiger partial charge is 0.314 e. The van der Waals surface area contributed by atoms with Gasteiger partial charge in [-0.3, -0.25) is 0 Å². The van der Waals surface area contributed by atoms with Gasteiger partial charge in [0.05, 0.1) is 0 Å². The molecular weight excluding hydrogens is 184 g/mol. The minimum atomic E-state index is 0.663. The van der Waals surface area contributed by atoms with Gasteiger partial charge >= 0.3 is 0 Å². The quantitative estimate of drug-likeness (QED) is 0.529. The smallest absolute Gasteiger partial charge is 0.240 e. The van der Waals surface area contributed by atoms with Gasteiger partial charge in [0.25, 0.3) is 0 Å². The van der Waals surface area contributed by atoms with Crippen LogP contribution in [0.4, 0.5) is 5.69 Å². The number of aromatic nitrogens is 1. The zero-order chi connectivity index (χ0) is 9.10. The molecule has 3 nitrogen and oxygen atoms in total. The normalized spacial score (nSPS) is 9.54. The molecule has 0 aromatic carbocycles. The van der Waals surface area contributed by atoms with E-state index < -0.39 is 0 Å². The third kappa shape index (κ3) is 1.45. The molecule has 0 saturated heterocycles. The number of nitrogens with zero attached hydrogens (tertiary/aromatic N) is 2.